The molecule has 1 aliphatic rings. The SMILES string of the molecule is CNCc1ccc(NC(=O)[C@@H]2C[C@H]2C)cc1. The van der Waals surface area contributed by atoms with Gasteiger partial charge in [0.05, 0.1) is 0 Å². The van der Waals surface area contributed by atoms with Gasteiger partial charge >= 0.3 is 0 Å². The second-order valence-corrected chi connectivity index (χ2v) is 4.54. The van der Waals surface area contributed by atoms with E-state index in [4.69, 9.17) is 0 Å². The third-order valence-electron chi connectivity index (χ3n) is 3.05. The van der Waals surface area contributed by atoms with E-state index in [-0.39, 0.29) is 11.8 Å². The first-order chi connectivity index (χ1) is 7.70. The number of hydrogen-bond donors (Lipinski definition) is 2. The first-order valence-electron chi connectivity index (χ1n) is 5.75. The summed E-state index contributed by atoms with van der Waals surface area (Å²) < 4.78 is 0. The third kappa shape index (κ3) is 2.61. The molecule has 3 heteroatoms. The molecular formula is C13H18N2O. The molecule has 0 aromatic heterocycles. The lowest BCUT2D eigenvalue weighted by Gasteiger charge is -2.05. The standard InChI is InChI=1S/C13H18N2O/c1-9-7-12(9)13(16)15-11-5-3-10(4-6-11)8-14-2/h3-6,9,12,14H,7-8H2,1-2H3,(H,15,16)/t9-,12-/m1/s1. The van der Waals surface area contributed by atoms with Crippen molar-refractivity contribution in [3.63, 3.8) is 0 Å². The number of rotatable bonds is 4. The van der Waals surface area contributed by atoms with Crippen LogP contribution in [0.5, 0.6) is 0 Å². The van der Waals surface area contributed by atoms with Crippen LogP contribution in [-0.2, 0) is 11.3 Å². The molecule has 86 valence electrons. The van der Waals surface area contributed by atoms with E-state index in [9.17, 15) is 4.79 Å². The van der Waals surface area contributed by atoms with E-state index in [0.29, 0.717) is 5.92 Å². The Balaban J connectivity index is 1.92. The molecule has 0 spiro atoms. The highest BCUT2D eigenvalue weighted by molar-refractivity contribution is 5.94. The Morgan fingerprint density at radius 1 is 1.38 bits per heavy atom. The smallest absolute Gasteiger partial charge is 0.227 e. The Labute approximate surface area is 96.2 Å². The second kappa shape index (κ2) is 4.66. The summed E-state index contributed by atoms with van der Waals surface area (Å²) in [7, 11) is 1.92. The lowest BCUT2D eigenvalue weighted by Crippen LogP contribution is -2.14. The van der Waals surface area contributed by atoms with Crippen LogP contribution in [0.1, 0.15) is 18.9 Å². The van der Waals surface area contributed by atoms with Crippen molar-refractivity contribution >= 4 is 11.6 Å². The minimum Gasteiger partial charge on any atom is -0.326 e. The van der Waals surface area contributed by atoms with Crippen molar-refractivity contribution < 1.29 is 4.79 Å². The van der Waals surface area contributed by atoms with Crippen LogP contribution in [-0.4, -0.2) is 13.0 Å². The van der Waals surface area contributed by atoms with Gasteiger partial charge in [0.2, 0.25) is 5.91 Å². The largest absolute Gasteiger partial charge is 0.326 e. The van der Waals surface area contributed by atoms with Crippen molar-refractivity contribution in [3.8, 4) is 0 Å². The molecule has 16 heavy (non-hydrogen) atoms. The molecule has 0 saturated heterocycles. The minimum atomic E-state index is 0.161. The van der Waals surface area contributed by atoms with Gasteiger partial charge in [-0.15, -0.1) is 0 Å². The van der Waals surface area contributed by atoms with Gasteiger partial charge in [-0.1, -0.05) is 19.1 Å². The summed E-state index contributed by atoms with van der Waals surface area (Å²) in [5.74, 6) is 0.953. The van der Waals surface area contributed by atoms with Gasteiger partial charge in [0, 0.05) is 18.2 Å². The number of carbonyl (C=O) groups excluding carboxylic acids is 1. The molecule has 1 aromatic carbocycles. The minimum absolute atomic E-state index is 0.161. The maximum atomic E-state index is 11.7. The summed E-state index contributed by atoms with van der Waals surface area (Å²) in [6, 6.07) is 7.97. The van der Waals surface area contributed by atoms with Crippen LogP contribution >= 0.6 is 0 Å². The first kappa shape index (κ1) is 11.1. The normalized spacial score (nSPS) is 22.9. The van der Waals surface area contributed by atoms with Crippen LogP contribution in [0.3, 0.4) is 0 Å². The molecule has 2 rings (SSSR count). The van der Waals surface area contributed by atoms with Gasteiger partial charge in [-0.05, 0) is 37.1 Å². The fourth-order valence-corrected chi connectivity index (χ4v) is 1.83. The van der Waals surface area contributed by atoms with E-state index >= 15 is 0 Å². The van der Waals surface area contributed by atoms with Gasteiger partial charge in [0.15, 0.2) is 0 Å². The Morgan fingerprint density at radius 2 is 2.00 bits per heavy atom. The summed E-state index contributed by atoms with van der Waals surface area (Å²) in [4.78, 5) is 11.7. The topological polar surface area (TPSA) is 41.1 Å². The predicted molar refractivity (Wildman–Crippen MR) is 65.1 cm³/mol. The molecule has 1 aliphatic carbocycles. The van der Waals surface area contributed by atoms with Crippen LogP contribution in [0.25, 0.3) is 0 Å². The molecule has 0 heterocycles. The first-order valence-corrected chi connectivity index (χ1v) is 5.75. The summed E-state index contributed by atoms with van der Waals surface area (Å²) in [5.41, 5.74) is 2.12. The van der Waals surface area contributed by atoms with Crippen LogP contribution in [0.15, 0.2) is 24.3 Å². The summed E-state index contributed by atoms with van der Waals surface area (Å²) >= 11 is 0. The number of amides is 1. The quantitative estimate of drug-likeness (QED) is 0.811. The Bertz CT molecular complexity index is 372. The molecule has 1 fully saturated rings. The van der Waals surface area contributed by atoms with E-state index in [1.165, 1.54) is 5.56 Å². The number of hydrogen-bond acceptors (Lipinski definition) is 2. The van der Waals surface area contributed by atoms with Gasteiger partial charge in [0.1, 0.15) is 0 Å². The highest BCUT2D eigenvalue weighted by Crippen LogP contribution is 2.38. The van der Waals surface area contributed by atoms with Crippen molar-refractivity contribution in [3.05, 3.63) is 29.8 Å². The van der Waals surface area contributed by atoms with Gasteiger partial charge in [-0.25, -0.2) is 0 Å². The molecule has 1 saturated carbocycles. The summed E-state index contributed by atoms with van der Waals surface area (Å²) in [6.45, 7) is 2.97. The van der Waals surface area contributed by atoms with Crippen LogP contribution < -0.4 is 10.6 Å². The van der Waals surface area contributed by atoms with Crippen LogP contribution in [0.4, 0.5) is 5.69 Å². The number of benzene rings is 1. The Hall–Kier alpha value is -1.35. The van der Waals surface area contributed by atoms with Crippen molar-refractivity contribution in [1.29, 1.82) is 0 Å². The third-order valence-corrected chi connectivity index (χ3v) is 3.05. The monoisotopic (exact) mass is 218 g/mol. The molecule has 2 atom stereocenters. The molecule has 3 nitrogen and oxygen atoms in total. The number of carbonyl (C=O) groups is 1. The average molecular weight is 218 g/mol. The highest BCUT2D eigenvalue weighted by Gasteiger charge is 2.38. The molecule has 0 bridgehead atoms. The van der Waals surface area contributed by atoms with Crippen LogP contribution in [0.2, 0.25) is 0 Å². The summed E-state index contributed by atoms with van der Waals surface area (Å²) in [5, 5.41) is 6.04. The van der Waals surface area contributed by atoms with E-state index < -0.39 is 0 Å². The molecule has 0 aliphatic heterocycles. The zero-order valence-corrected chi connectivity index (χ0v) is 9.79. The van der Waals surface area contributed by atoms with Crippen molar-refractivity contribution in [2.75, 3.05) is 12.4 Å². The Morgan fingerprint density at radius 3 is 2.50 bits per heavy atom. The lowest BCUT2D eigenvalue weighted by molar-refractivity contribution is -0.117. The van der Waals surface area contributed by atoms with Crippen LogP contribution in [0, 0.1) is 11.8 Å². The zero-order chi connectivity index (χ0) is 11.5. The van der Waals surface area contributed by atoms with Crippen molar-refractivity contribution in [1.82, 2.24) is 5.32 Å². The fraction of sp³-hybridized carbons (Fsp3) is 0.462. The lowest BCUT2D eigenvalue weighted by atomic mass is 10.2. The highest BCUT2D eigenvalue weighted by atomic mass is 16.2. The van der Waals surface area contributed by atoms with Crippen molar-refractivity contribution in [2.24, 2.45) is 11.8 Å². The zero-order valence-electron chi connectivity index (χ0n) is 9.79. The van der Waals surface area contributed by atoms with E-state index in [2.05, 4.69) is 17.6 Å². The predicted octanol–water partition coefficient (Wildman–Crippen LogP) is 2.00. The molecule has 1 amide bonds. The number of nitrogens with one attached hydrogen (secondary N) is 2. The molecule has 1 aromatic rings. The molecule has 0 radical (unpaired) electrons. The molecular weight excluding hydrogens is 200 g/mol. The van der Waals surface area contributed by atoms with Gasteiger partial charge in [0.25, 0.3) is 0 Å². The van der Waals surface area contributed by atoms with E-state index in [0.717, 1.165) is 18.7 Å². The van der Waals surface area contributed by atoms with Gasteiger partial charge in [-0.2, -0.15) is 0 Å². The molecule has 2 N–H and O–H groups in total. The Kier molecular flexibility index (Phi) is 3.25. The molecule has 0 unspecified atom stereocenters. The van der Waals surface area contributed by atoms with Gasteiger partial charge in [-0.3, -0.25) is 4.79 Å². The number of anilines is 1. The maximum absolute atomic E-state index is 11.7. The van der Waals surface area contributed by atoms with Gasteiger partial charge < -0.3 is 10.6 Å². The average Bonchev–Trinajstić information content (AvgIpc) is 2.99. The summed E-state index contributed by atoms with van der Waals surface area (Å²) in [6.07, 6.45) is 1.03. The van der Waals surface area contributed by atoms with Crippen molar-refractivity contribution in [2.45, 2.75) is 19.9 Å². The fourth-order valence-electron chi connectivity index (χ4n) is 1.83. The van der Waals surface area contributed by atoms with E-state index in [1.807, 2.05) is 31.3 Å². The second-order valence-electron chi connectivity index (χ2n) is 4.54. The van der Waals surface area contributed by atoms with E-state index in [1.54, 1.807) is 0 Å². The maximum Gasteiger partial charge on any atom is 0.227 e.